The number of nitrogens with one attached hydrogen (secondary N) is 1. The summed E-state index contributed by atoms with van der Waals surface area (Å²) >= 11 is 0. The van der Waals surface area contributed by atoms with Crippen LogP contribution in [0, 0.1) is 0 Å². The van der Waals surface area contributed by atoms with Gasteiger partial charge in [-0.25, -0.2) is 13.8 Å². The van der Waals surface area contributed by atoms with E-state index in [1.165, 1.54) is 41.9 Å². The lowest BCUT2D eigenvalue weighted by Gasteiger charge is -2.25. The summed E-state index contributed by atoms with van der Waals surface area (Å²) in [7, 11) is -2.18. The molecule has 8 nitrogen and oxygen atoms in total. The molecule has 0 aromatic heterocycles. The van der Waals surface area contributed by atoms with Crippen molar-refractivity contribution in [3.05, 3.63) is 53.6 Å². The van der Waals surface area contributed by atoms with E-state index in [0.29, 0.717) is 18.7 Å². The van der Waals surface area contributed by atoms with Crippen LogP contribution in [0.5, 0.6) is 11.5 Å². The van der Waals surface area contributed by atoms with Gasteiger partial charge in [-0.2, -0.15) is 9.41 Å². The second-order valence-corrected chi connectivity index (χ2v) is 8.56. The fraction of sp³-hybridized carbons (Fsp3) is 0.300. The average molecular weight is 417 g/mol. The van der Waals surface area contributed by atoms with E-state index in [1.807, 2.05) is 0 Å². The van der Waals surface area contributed by atoms with Crippen LogP contribution in [0.25, 0.3) is 0 Å². The number of benzene rings is 2. The molecule has 1 amide bonds. The third-order valence-electron chi connectivity index (χ3n) is 4.63. The molecule has 0 unspecified atom stereocenters. The Morgan fingerprint density at radius 3 is 2.66 bits per heavy atom. The van der Waals surface area contributed by atoms with Gasteiger partial charge < -0.3 is 9.84 Å². The predicted molar refractivity (Wildman–Crippen MR) is 109 cm³/mol. The van der Waals surface area contributed by atoms with E-state index in [1.54, 1.807) is 18.2 Å². The van der Waals surface area contributed by atoms with Gasteiger partial charge in [0.1, 0.15) is 0 Å². The molecule has 2 aromatic carbocycles. The Morgan fingerprint density at radius 1 is 1.17 bits per heavy atom. The molecule has 9 heteroatoms. The SMILES string of the molecule is COc1cc(/C=N/NC(=O)c2cccc(S(=O)(=O)N3CCCCC3)c2)ccc1O. The van der Waals surface area contributed by atoms with Crippen LogP contribution in [-0.2, 0) is 10.0 Å². The summed E-state index contributed by atoms with van der Waals surface area (Å²) in [5.41, 5.74) is 3.19. The highest BCUT2D eigenvalue weighted by atomic mass is 32.2. The molecule has 3 rings (SSSR count). The van der Waals surface area contributed by atoms with E-state index in [4.69, 9.17) is 4.74 Å². The highest BCUT2D eigenvalue weighted by Crippen LogP contribution is 2.25. The summed E-state index contributed by atoms with van der Waals surface area (Å²) in [4.78, 5) is 12.5. The van der Waals surface area contributed by atoms with Gasteiger partial charge in [-0.15, -0.1) is 0 Å². The number of hydrazone groups is 1. The Bertz CT molecular complexity index is 1010. The van der Waals surface area contributed by atoms with Crippen LogP contribution in [0.3, 0.4) is 0 Å². The quantitative estimate of drug-likeness (QED) is 0.554. The third kappa shape index (κ3) is 4.93. The zero-order valence-electron chi connectivity index (χ0n) is 16.0. The van der Waals surface area contributed by atoms with Crippen molar-refractivity contribution in [3.63, 3.8) is 0 Å². The van der Waals surface area contributed by atoms with Crippen molar-refractivity contribution >= 4 is 22.1 Å². The summed E-state index contributed by atoms with van der Waals surface area (Å²) in [6.07, 6.45) is 4.11. The number of nitrogens with zero attached hydrogens (tertiary/aromatic N) is 2. The second-order valence-electron chi connectivity index (χ2n) is 6.62. The number of phenols is 1. The molecule has 1 saturated heterocycles. The molecule has 1 heterocycles. The van der Waals surface area contributed by atoms with Crippen molar-refractivity contribution in [2.24, 2.45) is 5.10 Å². The van der Waals surface area contributed by atoms with Gasteiger partial charge in [0.05, 0.1) is 18.2 Å². The number of hydrogen-bond acceptors (Lipinski definition) is 6. The number of ether oxygens (including phenoxy) is 1. The van der Waals surface area contributed by atoms with E-state index in [-0.39, 0.29) is 22.0 Å². The van der Waals surface area contributed by atoms with Gasteiger partial charge in [0.15, 0.2) is 11.5 Å². The van der Waals surface area contributed by atoms with Crippen molar-refractivity contribution in [2.75, 3.05) is 20.2 Å². The Balaban J connectivity index is 1.71. The minimum Gasteiger partial charge on any atom is -0.504 e. The molecule has 154 valence electrons. The van der Waals surface area contributed by atoms with E-state index in [2.05, 4.69) is 10.5 Å². The summed E-state index contributed by atoms with van der Waals surface area (Å²) in [6, 6.07) is 10.6. The molecule has 1 aliphatic rings. The third-order valence-corrected chi connectivity index (χ3v) is 6.53. The van der Waals surface area contributed by atoms with Crippen molar-refractivity contribution in [3.8, 4) is 11.5 Å². The van der Waals surface area contributed by atoms with Crippen molar-refractivity contribution in [1.82, 2.24) is 9.73 Å². The van der Waals surface area contributed by atoms with E-state index in [0.717, 1.165) is 19.3 Å². The smallest absolute Gasteiger partial charge is 0.271 e. The molecule has 2 N–H and O–H groups in total. The largest absolute Gasteiger partial charge is 0.504 e. The number of amides is 1. The monoisotopic (exact) mass is 417 g/mol. The number of rotatable bonds is 6. The highest BCUT2D eigenvalue weighted by Gasteiger charge is 2.26. The van der Waals surface area contributed by atoms with Crippen molar-refractivity contribution in [1.29, 1.82) is 0 Å². The first-order valence-electron chi connectivity index (χ1n) is 9.22. The predicted octanol–water partition coefficient (Wildman–Crippen LogP) is 2.34. The van der Waals surface area contributed by atoms with Crippen LogP contribution in [-0.4, -0.2) is 50.2 Å². The molecular weight excluding hydrogens is 394 g/mol. The van der Waals surface area contributed by atoms with E-state index >= 15 is 0 Å². The molecule has 0 spiro atoms. The lowest BCUT2D eigenvalue weighted by atomic mass is 10.2. The molecule has 0 aliphatic carbocycles. The number of carbonyl (C=O) groups is 1. The first-order chi connectivity index (χ1) is 13.9. The summed E-state index contributed by atoms with van der Waals surface area (Å²) in [5, 5.41) is 13.5. The number of methoxy groups -OCH3 is 1. The van der Waals surface area contributed by atoms with Crippen LogP contribution in [0.1, 0.15) is 35.2 Å². The van der Waals surface area contributed by atoms with Gasteiger partial charge in [-0.1, -0.05) is 12.5 Å². The zero-order valence-corrected chi connectivity index (χ0v) is 16.9. The summed E-state index contributed by atoms with van der Waals surface area (Å²) < 4.78 is 32.0. The average Bonchev–Trinajstić information content (AvgIpc) is 2.75. The molecule has 0 bridgehead atoms. The van der Waals surface area contributed by atoms with Gasteiger partial charge in [-0.05, 0) is 54.8 Å². The Kier molecular flexibility index (Phi) is 6.50. The van der Waals surface area contributed by atoms with Gasteiger partial charge in [-0.3, -0.25) is 4.79 Å². The van der Waals surface area contributed by atoms with Crippen LogP contribution >= 0.6 is 0 Å². The molecule has 0 atom stereocenters. The molecule has 1 fully saturated rings. The fourth-order valence-corrected chi connectivity index (χ4v) is 4.62. The molecule has 1 aliphatic heterocycles. The summed E-state index contributed by atoms with van der Waals surface area (Å²) in [5.74, 6) is -0.237. The van der Waals surface area contributed by atoms with Gasteiger partial charge in [0.25, 0.3) is 5.91 Å². The fourth-order valence-electron chi connectivity index (χ4n) is 3.06. The zero-order chi connectivity index (χ0) is 20.9. The van der Waals surface area contributed by atoms with Crippen molar-refractivity contribution in [2.45, 2.75) is 24.2 Å². The van der Waals surface area contributed by atoms with Crippen LogP contribution < -0.4 is 10.2 Å². The highest BCUT2D eigenvalue weighted by molar-refractivity contribution is 7.89. The summed E-state index contributed by atoms with van der Waals surface area (Å²) in [6.45, 7) is 0.998. The number of piperidine rings is 1. The normalized spacial score (nSPS) is 15.3. The second kappa shape index (κ2) is 9.06. The number of sulfonamides is 1. The molecule has 2 aromatic rings. The molecule has 0 saturated carbocycles. The van der Waals surface area contributed by atoms with Crippen LogP contribution in [0.2, 0.25) is 0 Å². The van der Waals surface area contributed by atoms with Crippen LogP contribution in [0.4, 0.5) is 0 Å². The van der Waals surface area contributed by atoms with Gasteiger partial charge in [0.2, 0.25) is 10.0 Å². The standard InChI is InChI=1S/C20H23N3O5S/c1-28-19-12-15(8-9-18(19)24)14-21-22-20(25)16-6-5-7-17(13-16)29(26,27)23-10-3-2-4-11-23/h5-9,12-14,24H,2-4,10-11H2,1H3,(H,22,25)/b21-14+. The molecule has 29 heavy (non-hydrogen) atoms. The Labute approximate surface area is 169 Å². The number of hydrogen-bond donors (Lipinski definition) is 2. The lowest BCUT2D eigenvalue weighted by Crippen LogP contribution is -2.35. The maximum atomic E-state index is 12.8. The molecule has 0 radical (unpaired) electrons. The number of carbonyl (C=O) groups excluding carboxylic acids is 1. The van der Waals surface area contributed by atoms with Crippen molar-refractivity contribution < 1.29 is 23.1 Å². The van der Waals surface area contributed by atoms with E-state index in [9.17, 15) is 18.3 Å². The maximum absolute atomic E-state index is 12.8. The van der Waals surface area contributed by atoms with Crippen LogP contribution in [0.15, 0.2) is 52.5 Å². The molecular formula is C20H23N3O5S. The number of phenolic OH excluding ortho intramolecular Hbond substituents is 1. The van der Waals surface area contributed by atoms with Gasteiger partial charge in [0, 0.05) is 18.7 Å². The first-order valence-corrected chi connectivity index (χ1v) is 10.7. The van der Waals surface area contributed by atoms with E-state index < -0.39 is 15.9 Å². The first kappa shape index (κ1) is 20.8. The Morgan fingerprint density at radius 2 is 1.93 bits per heavy atom. The topological polar surface area (TPSA) is 108 Å². The van der Waals surface area contributed by atoms with Gasteiger partial charge >= 0.3 is 0 Å². The number of aromatic hydroxyl groups is 1. The minimum absolute atomic E-state index is 0.000385. The lowest BCUT2D eigenvalue weighted by molar-refractivity contribution is 0.0955. The minimum atomic E-state index is -3.62. The maximum Gasteiger partial charge on any atom is 0.271 e. The Hall–Kier alpha value is -2.91.